The van der Waals surface area contributed by atoms with Crippen LogP contribution in [0, 0.1) is 31.3 Å². The summed E-state index contributed by atoms with van der Waals surface area (Å²) in [5.74, 6) is -2.30. The fourth-order valence-electron chi connectivity index (χ4n) is 4.46. The van der Waals surface area contributed by atoms with Crippen molar-refractivity contribution >= 4 is 28.7 Å². The van der Waals surface area contributed by atoms with E-state index in [1.165, 1.54) is 36.4 Å². The number of urea groups is 1. The van der Waals surface area contributed by atoms with Crippen molar-refractivity contribution in [2.45, 2.75) is 13.8 Å². The highest BCUT2D eigenvalue weighted by molar-refractivity contribution is 5.93. The van der Waals surface area contributed by atoms with Gasteiger partial charge in [-0.1, -0.05) is 18.2 Å². The summed E-state index contributed by atoms with van der Waals surface area (Å²) >= 11 is 0. The van der Waals surface area contributed by atoms with Gasteiger partial charge in [0.1, 0.15) is 23.1 Å². The van der Waals surface area contributed by atoms with Crippen molar-refractivity contribution in [2.75, 3.05) is 23.7 Å². The Morgan fingerprint density at radius 1 is 0.878 bits per heavy atom. The Balaban J connectivity index is 1.50. The van der Waals surface area contributed by atoms with Crippen molar-refractivity contribution in [2.24, 2.45) is 0 Å². The zero-order valence-electron chi connectivity index (χ0n) is 22.1. The number of fused-ring (bicyclic) bond motifs is 1. The van der Waals surface area contributed by atoms with E-state index < -0.39 is 34.7 Å². The molecule has 0 aliphatic rings. The van der Waals surface area contributed by atoms with Gasteiger partial charge in [0.05, 0.1) is 5.69 Å². The highest BCUT2D eigenvalue weighted by atomic mass is 19.1. The molecule has 3 aromatic carbocycles. The molecule has 3 N–H and O–H groups in total. The molecule has 41 heavy (non-hydrogen) atoms. The maximum absolute atomic E-state index is 14.8. The van der Waals surface area contributed by atoms with E-state index in [4.69, 9.17) is 0 Å². The summed E-state index contributed by atoms with van der Waals surface area (Å²) in [5, 5.41) is 8.77. The zero-order chi connectivity index (χ0) is 29.1. The lowest BCUT2D eigenvalue weighted by Crippen LogP contribution is -2.32. The van der Waals surface area contributed by atoms with Gasteiger partial charge < -0.3 is 16.0 Å². The van der Waals surface area contributed by atoms with E-state index in [-0.39, 0.29) is 24.7 Å². The summed E-state index contributed by atoms with van der Waals surface area (Å²) in [7, 11) is 0. The average Bonchev–Trinajstić information content (AvgIpc) is 2.92. The van der Waals surface area contributed by atoms with E-state index in [1.807, 2.05) is 25.1 Å². The quantitative estimate of drug-likeness (QED) is 0.222. The third kappa shape index (κ3) is 5.88. The Morgan fingerprint density at radius 3 is 2.37 bits per heavy atom. The molecule has 8 nitrogen and oxygen atoms in total. The minimum atomic E-state index is -0.948. The smallest absolute Gasteiger partial charge is 0.319 e. The first-order valence-electron chi connectivity index (χ1n) is 12.7. The standard InChI is InChI=1S/C30H25F3N6O2/c1-17-5-3-6-20(15-17)36-30(41)35-14-13-34-29-37-26(21-10-9-19(31)16-18(21)2)22-11-12-25(40)39(28(22)38-29)27-23(32)7-4-8-24(27)33/h3-12,15-16H,13-14H2,1-2H3,(H,34,37,38)(H2,35,36,41). The van der Waals surface area contributed by atoms with Crippen molar-refractivity contribution < 1.29 is 18.0 Å². The van der Waals surface area contributed by atoms with Gasteiger partial charge in [0.25, 0.3) is 5.56 Å². The monoisotopic (exact) mass is 558 g/mol. The Hall–Kier alpha value is -5.19. The minimum absolute atomic E-state index is 0.0354. The number of nitrogens with one attached hydrogen (secondary N) is 3. The van der Waals surface area contributed by atoms with E-state index in [0.29, 0.717) is 27.9 Å². The van der Waals surface area contributed by atoms with Crippen LogP contribution < -0.4 is 21.5 Å². The summed E-state index contributed by atoms with van der Waals surface area (Å²) in [4.78, 5) is 34.3. The highest BCUT2D eigenvalue weighted by Crippen LogP contribution is 2.31. The van der Waals surface area contributed by atoms with Crippen molar-refractivity contribution in [1.29, 1.82) is 0 Å². The van der Waals surface area contributed by atoms with Crippen molar-refractivity contribution in [3.05, 3.63) is 112 Å². The summed E-state index contributed by atoms with van der Waals surface area (Å²) < 4.78 is 44.4. The number of aryl methyl sites for hydroxylation is 2. The number of halogens is 3. The number of aromatic nitrogens is 3. The van der Waals surface area contributed by atoms with Crippen LogP contribution in [-0.4, -0.2) is 33.7 Å². The Bertz CT molecular complexity index is 1820. The molecule has 0 unspecified atom stereocenters. The summed E-state index contributed by atoms with van der Waals surface area (Å²) in [6.07, 6.45) is 0. The zero-order valence-corrected chi connectivity index (χ0v) is 22.1. The number of anilines is 2. The van der Waals surface area contributed by atoms with E-state index in [0.717, 1.165) is 22.3 Å². The molecule has 2 heterocycles. The van der Waals surface area contributed by atoms with Gasteiger partial charge in [0, 0.05) is 35.8 Å². The maximum atomic E-state index is 14.8. The second-order valence-corrected chi connectivity index (χ2v) is 9.35. The summed E-state index contributed by atoms with van der Waals surface area (Å²) in [6.45, 7) is 3.97. The van der Waals surface area contributed by atoms with Crippen molar-refractivity contribution in [3.63, 3.8) is 0 Å². The number of hydrogen-bond acceptors (Lipinski definition) is 5. The third-order valence-corrected chi connectivity index (χ3v) is 6.32. The molecular formula is C30H25F3N6O2. The number of amides is 2. The topological polar surface area (TPSA) is 101 Å². The largest absolute Gasteiger partial charge is 0.352 e. The van der Waals surface area contributed by atoms with Gasteiger partial charge in [0.2, 0.25) is 5.95 Å². The van der Waals surface area contributed by atoms with E-state index in [2.05, 4.69) is 25.9 Å². The lowest BCUT2D eigenvalue weighted by molar-refractivity contribution is 0.252. The molecule has 2 amide bonds. The Morgan fingerprint density at radius 2 is 1.63 bits per heavy atom. The van der Waals surface area contributed by atoms with Gasteiger partial charge in [-0.2, -0.15) is 4.98 Å². The number of pyridine rings is 1. The predicted octanol–water partition coefficient (Wildman–Crippen LogP) is 5.72. The van der Waals surface area contributed by atoms with Gasteiger partial charge in [-0.3, -0.25) is 9.36 Å². The number of para-hydroxylation sites is 1. The third-order valence-electron chi connectivity index (χ3n) is 6.32. The first-order valence-corrected chi connectivity index (χ1v) is 12.7. The van der Waals surface area contributed by atoms with E-state index in [1.54, 1.807) is 13.0 Å². The Kier molecular flexibility index (Phi) is 7.68. The normalized spacial score (nSPS) is 11.0. The molecule has 0 saturated heterocycles. The van der Waals surface area contributed by atoms with Gasteiger partial charge >= 0.3 is 6.03 Å². The van der Waals surface area contributed by atoms with E-state index in [9.17, 15) is 22.8 Å². The molecule has 0 saturated carbocycles. The molecule has 0 atom stereocenters. The molecule has 208 valence electrons. The Labute approximate surface area is 232 Å². The molecular weight excluding hydrogens is 533 g/mol. The number of rotatable bonds is 7. The molecule has 0 bridgehead atoms. The summed E-state index contributed by atoms with van der Waals surface area (Å²) in [6, 6.07) is 17.0. The van der Waals surface area contributed by atoms with Crippen LogP contribution in [0.3, 0.4) is 0 Å². The van der Waals surface area contributed by atoms with Crippen LogP contribution in [0.1, 0.15) is 11.1 Å². The van der Waals surface area contributed by atoms with Gasteiger partial charge in [-0.05, 0) is 73.5 Å². The summed E-state index contributed by atoms with van der Waals surface area (Å²) in [5.41, 5.74) is 1.72. The highest BCUT2D eigenvalue weighted by Gasteiger charge is 2.20. The fraction of sp³-hybridized carbons (Fsp3) is 0.133. The number of hydrogen-bond donors (Lipinski definition) is 3. The van der Waals surface area contributed by atoms with Gasteiger partial charge in [-0.15, -0.1) is 0 Å². The molecule has 0 aliphatic carbocycles. The second kappa shape index (κ2) is 11.5. The average molecular weight is 559 g/mol. The van der Waals surface area contributed by atoms with Crippen LogP contribution in [0.5, 0.6) is 0 Å². The second-order valence-electron chi connectivity index (χ2n) is 9.35. The maximum Gasteiger partial charge on any atom is 0.319 e. The molecule has 5 rings (SSSR count). The molecule has 0 fully saturated rings. The molecule has 0 spiro atoms. The van der Waals surface area contributed by atoms with Gasteiger partial charge in [-0.25, -0.2) is 22.9 Å². The van der Waals surface area contributed by atoms with Crippen molar-refractivity contribution in [1.82, 2.24) is 19.9 Å². The van der Waals surface area contributed by atoms with Crippen LogP contribution in [-0.2, 0) is 0 Å². The molecule has 0 aliphatic heterocycles. The number of carbonyl (C=O) groups excluding carboxylic acids is 1. The lowest BCUT2D eigenvalue weighted by atomic mass is 10.0. The van der Waals surface area contributed by atoms with E-state index >= 15 is 0 Å². The van der Waals surface area contributed by atoms with Crippen LogP contribution >= 0.6 is 0 Å². The first kappa shape index (κ1) is 27.4. The number of carbonyl (C=O) groups is 1. The molecule has 5 aromatic rings. The van der Waals surface area contributed by atoms with Crippen LogP contribution in [0.4, 0.5) is 29.6 Å². The van der Waals surface area contributed by atoms with Gasteiger partial charge in [0.15, 0.2) is 5.65 Å². The number of benzene rings is 3. The minimum Gasteiger partial charge on any atom is -0.352 e. The number of nitrogens with zero attached hydrogens (tertiary/aromatic N) is 3. The van der Waals surface area contributed by atoms with Crippen LogP contribution in [0.2, 0.25) is 0 Å². The van der Waals surface area contributed by atoms with Crippen molar-refractivity contribution in [3.8, 4) is 16.9 Å². The molecule has 0 radical (unpaired) electrons. The SMILES string of the molecule is Cc1cccc(NC(=O)NCCNc2nc(-c3ccc(F)cc3C)c3ccc(=O)n(-c4c(F)cccc4F)c3n2)c1. The van der Waals surface area contributed by atoms with Crippen LogP contribution in [0.25, 0.3) is 28.0 Å². The van der Waals surface area contributed by atoms with Crippen LogP contribution in [0.15, 0.2) is 77.6 Å². The fourth-order valence-corrected chi connectivity index (χ4v) is 4.46. The molecule has 2 aromatic heterocycles. The molecule has 11 heteroatoms. The lowest BCUT2D eigenvalue weighted by Gasteiger charge is -2.16. The first-order chi connectivity index (χ1) is 19.7. The predicted molar refractivity (Wildman–Crippen MR) is 152 cm³/mol.